The van der Waals surface area contributed by atoms with Crippen LogP contribution in [0.2, 0.25) is 5.02 Å². The van der Waals surface area contributed by atoms with Crippen LogP contribution in [0.15, 0.2) is 30.5 Å². The van der Waals surface area contributed by atoms with Gasteiger partial charge in [0.2, 0.25) is 0 Å². The van der Waals surface area contributed by atoms with E-state index < -0.39 is 0 Å². The summed E-state index contributed by atoms with van der Waals surface area (Å²) >= 11 is 6.38. The van der Waals surface area contributed by atoms with Gasteiger partial charge in [0.05, 0.1) is 10.7 Å². The number of halogens is 1. The zero-order chi connectivity index (χ0) is 16.4. The van der Waals surface area contributed by atoms with Crippen LogP contribution in [0.3, 0.4) is 0 Å². The molecular weight excluding hydrogens is 304 g/mol. The normalized spacial score (nSPS) is 16.7. The van der Waals surface area contributed by atoms with Gasteiger partial charge in [-0.2, -0.15) is 0 Å². The Morgan fingerprint density at radius 3 is 2.48 bits per heavy atom. The molecule has 0 amide bonds. The molecule has 0 aliphatic heterocycles. The van der Waals surface area contributed by atoms with Crippen LogP contribution in [0.25, 0.3) is 11.3 Å². The van der Waals surface area contributed by atoms with Crippen LogP contribution in [-0.4, -0.2) is 9.55 Å². The molecule has 2 aromatic rings. The van der Waals surface area contributed by atoms with Gasteiger partial charge in [-0.25, -0.2) is 4.98 Å². The van der Waals surface area contributed by atoms with Gasteiger partial charge in [-0.3, -0.25) is 0 Å². The molecule has 0 atom stereocenters. The number of benzene rings is 1. The van der Waals surface area contributed by atoms with E-state index in [-0.39, 0.29) is 5.41 Å². The van der Waals surface area contributed by atoms with Gasteiger partial charge in [-0.05, 0) is 24.8 Å². The fourth-order valence-corrected chi connectivity index (χ4v) is 3.83. The topological polar surface area (TPSA) is 17.8 Å². The second-order valence-electron chi connectivity index (χ2n) is 7.84. The van der Waals surface area contributed by atoms with Crippen molar-refractivity contribution < 1.29 is 0 Å². The number of rotatable bonds is 3. The van der Waals surface area contributed by atoms with Gasteiger partial charge < -0.3 is 4.57 Å². The second kappa shape index (κ2) is 6.68. The minimum Gasteiger partial charge on any atom is -0.334 e. The first-order valence-corrected chi connectivity index (χ1v) is 9.15. The van der Waals surface area contributed by atoms with E-state index in [9.17, 15) is 0 Å². The molecule has 3 rings (SSSR count). The average Bonchev–Trinajstić information content (AvgIpc) is 2.92. The molecule has 0 saturated heterocycles. The summed E-state index contributed by atoms with van der Waals surface area (Å²) in [4.78, 5) is 4.96. The molecular formula is C20H27ClN2. The molecule has 3 heteroatoms. The first-order valence-electron chi connectivity index (χ1n) is 8.77. The molecule has 1 aliphatic rings. The first kappa shape index (κ1) is 16.6. The Kier molecular flexibility index (Phi) is 4.82. The highest BCUT2D eigenvalue weighted by atomic mass is 35.5. The average molecular weight is 331 g/mol. The van der Waals surface area contributed by atoms with Crippen LogP contribution in [0.4, 0.5) is 0 Å². The molecule has 0 radical (unpaired) electrons. The first-order chi connectivity index (χ1) is 10.9. The van der Waals surface area contributed by atoms with E-state index in [1.54, 1.807) is 0 Å². The highest BCUT2D eigenvalue weighted by molar-refractivity contribution is 6.33. The Morgan fingerprint density at radius 2 is 1.83 bits per heavy atom. The predicted octanol–water partition coefficient (Wildman–Crippen LogP) is 6.08. The van der Waals surface area contributed by atoms with E-state index in [1.165, 1.54) is 32.1 Å². The Balaban J connectivity index is 1.95. The van der Waals surface area contributed by atoms with Gasteiger partial charge in [0.1, 0.15) is 5.82 Å². The van der Waals surface area contributed by atoms with E-state index in [1.807, 2.05) is 18.2 Å². The summed E-state index contributed by atoms with van der Waals surface area (Å²) < 4.78 is 2.38. The van der Waals surface area contributed by atoms with Gasteiger partial charge in [0.15, 0.2) is 0 Å². The quantitative estimate of drug-likeness (QED) is 0.666. The number of hydrogen-bond donors (Lipinski definition) is 0. The zero-order valence-electron chi connectivity index (χ0n) is 14.5. The lowest BCUT2D eigenvalue weighted by atomic mass is 9.88. The molecule has 23 heavy (non-hydrogen) atoms. The maximum absolute atomic E-state index is 6.38. The lowest BCUT2D eigenvalue weighted by molar-refractivity contribution is 0.309. The summed E-state index contributed by atoms with van der Waals surface area (Å²) in [6, 6.07) is 7.99. The summed E-state index contributed by atoms with van der Waals surface area (Å²) in [5.74, 6) is 1.95. The Labute approximate surface area is 144 Å². The summed E-state index contributed by atoms with van der Waals surface area (Å²) in [5.41, 5.74) is 2.06. The third-order valence-electron chi connectivity index (χ3n) is 4.78. The van der Waals surface area contributed by atoms with Crippen molar-refractivity contribution in [2.45, 2.75) is 64.8 Å². The van der Waals surface area contributed by atoms with Gasteiger partial charge in [-0.15, -0.1) is 0 Å². The molecule has 0 spiro atoms. The second-order valence-corrected chi connectivity index (χ2v) is 8.24. The summed E-state index contributed by atoms with van der Waals surface area (Å²) in [7, 11) is 0. The molecule has 1 saturated carbocycles. The molecule has 1 heterocycles. The predicted molar refractivity (Wildman–Crippen MR) is 97.9 cm³/mol. The molecule has 0 unspecified atom stereocenters. The zero-order valence-corrected chi connectivity index (χ0v) is 15.2. The van der Waals surface area contributed by atoms with Crippen LogP contribution in [0, 0.1) is 5.92 Å². The molecule has 2 nitrogen and oxygen atoms in total. The Morgan fingerprint density at radius 1 is 1.13 bits per heavy atom. The Bertz CT molecular complexity index is 661. The van der Waals surface area contributed by atoms with Crippen LogP contribution >= 0.6 is 11.6 Å². The molecule has 0 N–H and O–H groups in total. The fraction of sp³-hybridized carbons (Fsp3) is 0.550. The Hall–Kier alpha value is -1.28. The smallest absolute Gasteiger partial charge is 0.114 e. The molecule has 1 aromatic heterocycles. The monoisotopic (exact) mass is 330 g/mol. The minimum absolute atomic E-state index is 0.0359. The number of nitrogens with zero attached hydrogens (tertiary/aromatic N) is 2. The number of imidazole rings is 1. The molecule has 0 bridgehead atoms. The van der Waals surface area contributed by atoms with Crippen molar-refractivity contribution in [3.8, 4) is 11.3 Å². The van der Waals surface area contributed by atoms with Crippen molar-refractivity contribution in [2.75, 3.05) is 0 Å². The minimum atomic E-state index is 0.0359. The van der Waals surface area contributed by atoms with Crippen LogP contribution in [0.1, 0.15) is 58.7 Å². The van der Waals surface area contributed by atoms with Crippen molar-refractivity contribution in [3.05, 3.63) is 41.3 Å². The van der Waals surface area contributed by atoms with Gasteiger partial charge in [0, 0.05) is 23.7 Å². The van der Waals surface area contributed by atoms with E-state index in [4.69, 9.17) is 16.6 Å². The van der Waals surface area contributed by atoms with Crippen LogP contribution in [-0.2, 0) is 12.0 Å². The maximum atomic E-state index is 6.38. The van der Waals surface area contributed by atoms with Crippen molar-refractivity contribution >= 4 is 11.6 Å². The van der Waals surface area contributed by atoms with E-state index >= 15 is 0 Å². The third kappa shape index (κ3) is 3.80. The molecule has 1 fully saturated rings. The molecule has 1 aromatic carbocycles. The number of hydrogen-bond acceptors (Lipinski definition) is 1. The summed E-state index contributed by atoms with van der Waals surface area (Å²) in [6.45, 7) is 7.80. The summed E-state index contributed by atoms with van der Waals surface area (Å²) in [5, 5.41) is 0.773. The van der Waals surface area contributed by atoms with Crippen molar-refractivity contribution in [3.63, 3.8) is 0 Å². The summed E-state index contributed by atoms with van der Waals surface area (Å²) in [6.07, 6.45) is 9.06. The molecule has 1 aliphatic carbocycles. The lowest BCUT2D eigenvalue weighted by Crippen LogP contribution is -2.22. The van der Waals surface area contributed by atoms with Crippen LogP contribution in [0.5, 0.6) is 0 Å². The van der Waals surface area contributed by atoms with E-state index in [2.05, 4.69) is 37.6 Å². The largest absolute Gasteiger partial charge is 0.334 e. The van der Waals surface area contributed by atoms with Gasteiger partial charge in [-0.1, -0.05) is 69.8 Å². The third-order valence-corrected chi connectivity index (χ3v) is 5.11. The highest BCUT2D eigenvalue weighted by Crippen LogP contribution is 2.32. The van der Waals surface area contributed by atoms with Crippen LogP contribution < -0.4 is 0 Å². The van der Waals surface area contributed by atoms with Gasteiger partial charge in [0.25, 0.3) is 0 Å². The highest BCUT2D eigenvalue weighted by Gasteiger charge is 2.24. The lowest BCUT2D eigenvalue weighted by Gasteiger charge is -2.25. The number of aromatic nitrogens is 2. The van der Waals surface area contributed by atoms with Crippen molar-refractivity contribution in [1.29, 1.82) is 0 Å². The standard InChI is InChI=1S/C20H27ClN2/c1-20(2,3)19-22-18(16-11-7-8-12-17(16)21)14-23(19)13-15-9-5-4-6-10-15/h7-8,11-12,14-15H,4-6,9-10,13H2,1-3H3. The maximum Gasteiger partial charge on any atom is 0.114 e. The van der Waals surface area contributed by atoms with Crippen molar-refractivity contribution in [2.24, 2.45) is 5.92 Å². The SMILES string of the molecule is CC(C)(C)c1nc(-c2ccccc2Cl)cn1CC1CCCCC1. The van der Waals surface area contributed by atoms with E-state index in [0.717, 1.165) is 34.6 Å². The van der Waals surface area contributed by atoms with Crippen molar-refractivity contribution in [1.82, 2.24) is 9.55 Å². The van der Waals surface area contributed by atoms with E-state index in [0.29, 0.717) is 0 Å². The van der Waals surface area contributed by atoms with Gasteiger partial charge >= 0.3 is 0 Å². The molecule has 124 valence electrons. The fourth-order valence-electron chi connectivity index (χ4n) is 3.60.